The Kier molecular flexibility index (Phi) is 8.07. The highest BCUT2D eigenvalue weighted by atomic mass is 35.5. The molecule has 4 rings (SSSR count). The highest BCUT2D eigenvalue weighted by Gasteiger charge is 2.47. The van der Waals surface area contributed by atoms with Crippen LogP contribution in [-0.4, -0.2) is 29.5 Å². The normalized spacial score (nSPS) is 17.1. The third-order valence-electron chi connectivity index (χ3n) is 6.53. The van der Waals surface area contributed by atoms with Gasteiger partial charge in [0.25, 0.3) is 11.7 Å². The molecule has 1 N–H and O–H groups in total. The summed E-state index contributed by atoms with van der Waals surface area (Å²) in [5.74, 6) is -0.755. The van der Waals surface area contributed by atoms with Crippen molar-refractivity contribution in [3.05, 3.63) is 94.0 Å². The average molecular weight is 548 g/mol. The number of carbonyl (C=O) groups excluding carboxylic acids is 2. The number of carbonyl (C=O) groups is 2. The van der Waals surface area contributed by atoms with Gasteiger partial charge in [-0.25, -0.2) is 0 Å². The molecule has 0 aliphatic carbocycles. The highest BCUT2D eigenvalue weighted by molar-refractivity contribution is 6.51. The number of benzene rings is 3. The Labute approximate surface area is 234 Å². The van der Waals surface area contributed by atoms with Gasteiger partial charge in [0.1, 0.15) is 17.3 Å². The standard InChI is InChI=1S/C32H34ClNO5/c1-7-38-26-18-21(10-17-25(26)33)29(35)27-28(20-8-11-22(12-9-20)32(4,5)6)34(31(37)30(27)36)23-13-15-24(16-14-23)39-19(2)3/h8-19,28,35H,7H2,1-6H3/b29-27-. The Bertz CT molecular complexity index is 1400. The summed E-state index contributed by atoms with van der Waals surface area (Å²) in [6, 6.07) is 18.7. The number of aliphatic hydroxyl groups excluding tert-OH is 1. The molecule has 0 aromatic heterocycles. The van der Waals surface area contributed by atoms with Gasteiger partial charge in [0, 0.05) is 11.3 Å². The number of nitrogens with zero attached hydrogens (tertiary/aromatic N) is 1. The van der Waals surface area contributed by atoms with E-state index in [1.807, 2.05) is 45.0 Å². The molecule has 39 heavy (non-hydrogen) atoms. The van der Waals surface area contributed by atoms with E-state index in [0.29, 0.717) is 39.9 Å². The maximum absolute atomic E-state index is 13.5. The van der Waals surface area contributed by atoms with Crippen LogP contribution < -0.4 is 14.4 Å². The Morgan fingerprint density at radius 1 is 1.00 bits per heavy atom. The lowest BCUT2D eigenvalue weighted by molar-refractivity contribution is -0.132. The molecule has 0 bridgehead atoms. The number of amides is 1. The number of Topliss-reactive ketones (excluding diaryl/α,β-unsaturated/α-hetero) is 1. The zero-order chi connectivity index (χ0) is 28.5. The van der Waals surface area contributed by atoms with Crippen molar-refractivity contribution in [1.29, 1.82) is 0 Å². The fourth-order valence-electron chi connectivity index (χ4n) is 4.61. The molecule has 1 heterocycles. The van der Waals surface area contributed by atoms with E-state index < -0.39 is 17.7 Å². The molecule has 0 saturated carbocycles. The molecule has 0 radical (unpaired) electrons. The van der Waals surface area contributed by atoms with Gasteiger partial charge in [-0.1, -0.05) is 56.6 Å². The van der Waals surface area contributed by atoms with Gasteiger partial charge in [-0.3, -0.25) is 14.5 Å². The smallest absolute Gasteiger partial charge is 0.300 e. The fraction of sp³-hybridized carbons (Fsp3) is 0.312. The van der Waals surface area contributed by atoms with E-state index in [2.05, 4.69) is 20.8 Å². The summed E-state index contributed by atoms with van der Waals surface area (Å²) >= 11 is 6.25. The number of ether oxygens (including phenoxy) is 2. The van der Waals surface area contributed by atoms with E-state index >= 15 is 0 Å². The Hall–Kier alpha value is -3.77. The van der Waals surface area contributed by atoms with Crippen LogP contribution in [0, 0.1) is 0 Å². The van der Waals surface area contributed by atoms with E-state index in [1.165, 1.54) is 4.90 Å². The zero-order valence-electron chi connectivity index (χ0n) is 23.1. The van der Waals surface area contributed by atoms with Gasteiger partial charge in [0.05, 0.1) is 29.3 Å². The molecule has 3 aromatic rings. The van der Waals surface area contributed by atoms with Gasteiger partial charge in [0.2, 0.25) is 0 Å². The molecule has 1 amide bonds. The van der Waals surface area contributed by atoms with Gasteiger partial charge in [-0.05, 0) is 79.8 Å². The lowest BCUT2D eigenvalue weighted by Gasteiger charge is -2.27. The molecule has 7 heteroatoms. The molecule has 1 atom stereocenters. The number of anilines is 1. The lowest BCUT2D eigenvalue weighted by atomic mass is 9.85. The molecular formula is C32H34ClNO5. The third kappa shape index (κ3) is 5.81. The number of halogens is 1. The van der Waals surface area contributed by atoms with Gasteiger partial charge in [-0.2, -0.15) is 0 Å². The van der Waals surface area contributed by atoms with Crippen molar-refractivity contribution in [2.45, 2.75) is 59.1 Å². The van der Waals surface area contributed by atoms with E-state index in [0.717, 1.165) is 5.56 Å². The van der Waals surface area contributed by atoms with Crippen LogP contribution in [-0.2, 0) is 15.0 Å². The third-order valence-corrected chi connectivity index (χ3v) is 6.84. The van der Waals surface area contributed by atoms with Crippen LogP contribution in [0.25, 0.3) is 5.76 Å². The molecule has 1 saturated heterocycles. The van der Waals surface area contributed by atoms with Crippen LogP contribution in [0.1, 0.15) is 64.3 Å². The predicted molar refractivity (Wildman–Crippen MR) is 155 cm³/mol. The minimum Gasteiger partial charge on any atom is -0.507 e. The van der Waals surface area contributed by atoms with Crippen molar-refractivity contribution in [2.75, 3.05) is 11.5 Å². The minimum atomic E-state index is -0.845. The number of hydrogen-bond donors (Lipinski definition) is 1. The first-order valence-corrected chi connectivity index (χ1v) is 13.4. The maximum atomic E-state index is 13.5. The molecule has 6 nitrogen and oxygen atoms in total. The number of aliphatic hydroxyl groups is 1. The first-order chi connectivity index (χ1) is 18.4. The summed E-state index contributed by atoms with van der Waals surface area (Å²) in [7, 11) is 0. The monoisotopic (exact) mass is 547 g/mol. The molecule has 3 aromatic carbocycles. The summed E-state index contributed by atoms with van der Waals surface area (Å²) in [4.78, 5) is 28.4. The Balaban J connectivity index is 1.88. The summed E-state index contributed by atoms with van der Waals surface area (Å²) in [6.45, 7) is 12.4. The summed E-state index contributed by atoms with van der Waals surface area (Å²) in [5, 5.41) is 11.9. The quantitative estimate of drug-likeness (QED) is 0.189. The second-order valence-corrected chi connectivity index (χ2v) is 11.2. The second kappa shape index (κ2) is 11.1. The van der Waals surface area contributed by atoms with E-state index in [-0.39, 0.29) is 22.9 Å². The van der Waals surface area contributed by atoms with Crippen LogP contribution >= 0.6 is 11.6 Å². The molecule has 1 aliphatic heterocycles. The number of rotatable bonds is 7. The molecule has 1 unspecified atom stereocenters. The largest absolute Gasteiger partial charge is 0.507 e. The van der Waals surface area contributed by atoms with E-state index in [4.69, 9.17) is 21.1 Å². The van der Waals surface area contributed by atoms with E-state index in [9.17, 15) is 14.7 Å². The number of hydrogen-bond acceptors (Lipinski definition) is 5. The SMILES string of the molecule is CCOc1cc(/C(O)=C2/C(=O)C(=O)N(c3ccc(OC(C)C)cc3)C2c2ccc(C(C)(C)C)cc2)ccc1Cl. The van der Waals surface area contributed by atoms with Gasteiger partial charge < -0.3 is 14.6 Å². The van der Waals surface area contributed by atoms with Gasteiger partial charge in [-0.15, -0.1) is 0 Å². The van der Waals surface area contributed by atoms with Gasteiger partial charge in [0.15, 0.2) is 0 Å². The van der Waals surface area contributed by atoms with Gasteiger partial charge >= 0.3 is 0 Å². The van der Waals surface area contributed by atoms with Crippen molar-refractivity contribution in [1.82, 2.24) is 0 Å². The van der Waals surface area contributed by atoms with Crippen molar-refractivity contribution in [3.8, 4) is 11.5 Å². The minimum absolute atomic E-state index is 0.00390. The lowest BCUT2D eigenvalue weighted by Crippen LogP contribution is -2.29. The first-order valence-electron chi connectivity index (χ1n) is 13.0. The highest BCUT2D eigenvalue weighted by Crippen LogP contribution is 2.43. The first kappa shape index (κ1) is 28.2. The molecule has 0 spiro atoms. The van der Waals surface area contributed by atoms with Crippen molar-refractivity contribution in [3.63, 3.8) is 0 Å². The van der Waals surface area contributed by atoms with Crippen LogP contribution in [0.15, 0.2) is 72.3 Å². The van der Waals surface area contributed by atoms with Crippen LogP contribution in [0.2, 0.25) is 5.02 Å². The topological polar surface area (TPSA) is 76.1 Å². The molecular weight excluding hydrogens is 514 g/mol. The Morgan fingerprint density at radius 3 is 2.21 bits per heavy atom. The summed E-state index contributed by atoms with van der Waals surface area (Å²) in [6.07, 6.45) is -0.00707. The fourth-order valence-corrected chi connectivity index (χ4v) is 4.78. The summed E-state index contributed by atoms with van der Waals surface area (Å²) in [5.41, 5.74) is 2.57. The second-order valence-electron chi connectivity index (χ2n) is 10.8. The molecule has 204 valence electrons. The maximum Gasteiger partial charge on any atom is 0.300 e. The molecule has 1 fully saturated rings. The molecule has 1 aliphatic rings. The van der Waals surface area contributed by atoms with Crippen LogP contribution in [0.4, 0.5) is 5.69 Å². The van der Waals surface area contributed by atoms with Crippen molar-refractivity contribution < 1.29 is 24.2 Å². The van der Waals surface area contributed by atoms with Crippen LogP contribution in [0.5, 0.6) is 11.5 Å². The zero-order valence-corrected chi connectivity index (χ0v) is 23.9. The number of ketones is 1. The summed E-state index contributed by atoms with van der Waals surface area (Å²) < 4.78 is 11.3. The van der Waals surface area contributed by atoms with Crippen LogP contribution in [0.3, 0.4) is 0 Å². The van der Waals surface area contributed by atoms with E-state index in [1.54, 1.807) is 42.5 Å². The average Bonchev–Trinajstić information content (AvgIpc) is 3.15. The van der Waals surface area contributed by atoms with Crippen molar-refractivity contribution >= 4 is 34.7 Å². The predicted octanol–water partition coefficient (Wildman–Crippen LogP) is 7.45. The Morgan fingerprint density at radius 2 is 1.64 bits per heavy atom. The van der Waals surface area contributed by atoms with Crippen molar-refractivity contribution in [2.24, 2.45) is 0 Å².